The van der Waals surface area contributed by atoms with Crippen LogP contribution in [0.5, 0.6) is 0 Å². The zero-order valence-electron chi connectivity index (χ0n) is 14.9. The van der Waals surface area contributed by atoms with Crippen molar-refractivity contribution < 1.29 is 0 Å². The van der Waals surface area contributed by atoms with E-state index in [1.165, 1.54) is 24.6 Å². The lowest BCUT2D eigenvalue weighted by Gasteiger charge is -2.42. The number of nitrogens with zero attached hydrogens (tertiary/aromatic N) is 4. The zero-order chi connectivity index (χ0) is 19.0. The second-order valence-corrected chi connectivity index (χ2v) is 9.05. The summed E-state index contributed by atoms with van der Waals surface area (Å²) < 4.78 is 0. The molecule has 1 atom stereocenters. The lowest BCUT2D eigenvalue weighted by molar-refractivity contribution is 0.197. The third kappa shape index (κ3) is 3.70. The highest BCUT2D eigenvalue weighted by Gasteiger charge is 2.43. The van der Waals surface area contributed by atoms with Crippen LogP contribution in [0, 0.1) is 5.41 Å². The van der Waals surface area contributed by atoms with Gasteiger partial charge in [0.25, 0.3) is 0 Å². The molecule has 0 radical (unpaired) electrons. The topological polar surface area (TPSA) is 94.0 Å². The molecule has 1 saturated heterocycles. The van der Waals surface area contributed by atoms with Gasteiger partial charge in [-0.15, -0.1) is 0 Å². The highest BCUT2D eigenvalue weighted by molar-refractivity contribution is 7.99. The van der Waals surface area contributed by atoms with E-state index in [2.05, 4.69) is 19.9 Å². The van der Waals surface area contributed by atoms with E-state index >= 15 is 0 Å². The summed E-state index contributed by atoms with van der Waals surface area (Å²) in [5.41, 5.74) is 12.9. The monoisotopic (exact) mass is 424 g/mol. The van der Waals surface area contributed by atoms with Crippen molar-refractivity contribution in [2.75, 3.05) is 23.7 Å². The quantitative estimate of drug-likeness (QED) is 0.718. The van der Waals surface area contributed by atoms with Crippen LogP contribution in [0.1, 0.15) is 32.1 Å². The summed E-state index contributed by atoms with van der Waals surface area (Å²) in [5, 5.41) is 1.26. The lowest BCUT2D eigenvalue weighted by atomic mass is 9.74. The molecule has 4 N–H and O–H groups in total. The largest absolute Gasteiger partial charge is 0.381 e. The first kappa shape index (κ1) is 19.1. The molecular weight excluding hydrogens is 403 g/mol. The van der Waals surface area contributed by atoms with Gasteiger partial charge >= 0.3 is 0 Å². The Balaban J connectivity index is 1.47. The molecule has 1 spiro atoms. The number of aromatic nitrogens is 3. The van der Waals surface area contributed by atoms with Gasteiger partial charge in [-0.25, -0.2) is 15.0 Å². The van der Waals surface area contributed by atoms with Crippen LogP contribution < -0.4 is 16.4 Å². The standard InChI is InChI=1S/C18H22Cl2N6S/c19-14-11(3-7-23-15(14)20)27-17-16(22)25-13(10-24-17)26-8-5-18(6-9-26)4-1-2-12(18)21/h3,7,10,12H,1-2,4-6,8-9,21H2,(H2,22,25)/t12-/m1/s1. The molecular formula is C18H22Cl2N6S. The number of rotatable bonds is 3. The van der Waals surface area contributed by atoms with Gasteiger partial charge in [0.2, 0.25) is 0 Å². The highest BCUT2D eigenvalue weighted by atomic mass is 35.5. The Kier molecular flexibility index (Phi) is 5.38. The van der Waals surface area contributed by atoms with Crippen molar-refractivity contribution in [1.29, 1.82) is 0 Å². The third-order valence-electron chi connectivity index (χ3n) is 5.83. The van der Waals surface area contributed by atoms with Crippen LogP contribution in [-0.2, 0) is 0 Å². The fourth-order valence-electron chi connectivity index (χ4n) is 4.17. The highest BCUT2D eigenvalue weighted by Crippen LogP contribution is 2.46. The smallest absolute Gasteiger partial charge is 0.158 e. The number of anilines is 2. The molecule has 2 aliphatic rings. The second-order valence-electron chi connectivity index (χ2n) is 7.28. The first-order valence-electron chi connectivity index (χ1n) is 9.09. The molecule has 9 heteroatoms. The van der Waals surface area contributed by atoms with Crippen molar-refractivity contribution in [3.05, 3.63) is 28.6 Å². The van der Waals surface area contributed by atoms with Crippen LogP contribution in [0.25, 0.3) is 0 Å². The number of hydrogen-bond donors (Lipinski definition) is 2. The number of piperidine rings is 1. The van der Waals surface area contributed by atoms with E-state index in [1.54, 1.807) is 18.5 Å². The second kappa shape index (κ2) is 7.62. The van der Waals surface area contributed by atoms with Gasteiger partial charge in [-0.2, -0.15) is 0 Å². The fraction of sp³-hybridized carbons (Fsp3) is 0.500. The van der Waals surface area contributed by atoms with Gasteiger partial charge in [0, 0.05) is 30.2 Å². The van der Waals surface area contributed by atoms with Crippen LogP contribution in [0.15, 0.2) is 28.4 Å². The third-order valence-corrected chi connectivity index (χ3v) is 7.77. The molecule has 1 aliphatic heterocycles. The van der Waals surface area contributed by atoms with Crippen molar-refractivity contribution in [3.8, 4) is 0 Å². The molecule has 4 rings (SSSR count). The van der Waals surface area contributed by atoms with Crippen LogP contribution in [0.4, 0.5) is 11.6 Å². The van der Waals surface area contributed by atoms with Crippen LogP contribution in [0.2, 0.25) is 10.2 Å². The summed E-state index contributed by atoms with van der Waals surface area (Å²) in [5.74, 6) is 1.21. The van der Waals surface area contributed by atoms with Crippen molar-refractivity contribution in [2.45, 2.75) is 48.1 Å². The molecule has 2 fully saturated rings. The van der Waals surface area contributed by atoms with E-state index in [9.17, 15) is 0 Å². The van der Waals surface area contributed by atoms with E-state index in [0.29, 0.717) is 27.3 Å². The normalized spacial score (nSPS) is 21.7. The molecule has 0 aromatic carbocycles. The van der Waals surface area contributed by atoms with E-state index in [-0.39, 0.29) is 5.15 Å². The summed E-state index contributed by atoms with van der Waals surface area (Å²) in [6.07, 6.45) is 9.25. The summed E-state index contributed by atoms with van der Waals surface area (Å²) in [4.78, 5) is 16.0. The molecule has 1 aliphatic carbocycles. The Bertz CT molecular complexity index is 841. The predicted octanol–water partition coefficient (Wildman–Crippen LogP) is 4.01. The minimum absolute atomic E-state index is 0.261. The number of nitrogen functional groups attached to an aromatic ring is 1. The Morgan fingerprint density at radius 3 is 2.63 bits per heavy atom. The summed E-state index contributed by atoms with van der Waals surface area (Å²) in [7, 11) is 0. The maximum atomic E-state index is 6.37. The van der Waals surface area contributed by atoms with Gasteiger partial charge in [0.1, 0.15) is 16.0 Å². The van der Waals surface area contributed by atoms with Gasteiger partial charge in [-0.05, 0) is 37.2 Å². The van der Waals surface area contributed by atoms with Crippen LogP contribution in [-0.4, -0.2) is 34.1 Å². The first-order chi connectivity index (χ1) is 13.0. The minimum atomic E-state index is 0.261. The summed E-state index contributed by atoms with van der Waals surface area (Å²) >= 11 is 13.5. The number of halogens is 2. The van der Waals surface area contributed by atoms with E-state index < -0.39 is 0 Å². The molecule has 3 heterocycles. The molecule has 1 saturated carbocycles. The van der Waals surface area contributed by atoms with Crippen molar-refractivity contribution in [1.82, 2.24) is 15.0 Å². The SMILES string of the molecule is Nc1nc(N2CCC3(CCC[C@H]3N)CC2)cnc1Sc1ccnc(Cl)c1Cl. The van der Waals surface area contributed by atoms with E-state index in [1.807, 2.05) is 0 Å². The molecule has 6 nitrogen and oxygen atoms in total. The molecule has 27 heavy (non-hydrogen) atoms. The van der Waals surface area contributed by atoms with Gasteiger partial charge in [0.05, 0.1) is 11.2 Å². The average molecular weight is 425 g/mol. The Hall–Kier alpha value is -1.28. The van der Waals surface area contributed by atoms with Gasteiger partial charge in [-0.3, -0.25) is 0 Å². The molecule has 144 valence electrons. The molecule has 2 aromatic heterocycles. The van der Waals surface area contributed by atoms with Crippen molar-refractivity contribution >= 4 is 46.6 Å². The van der Waals surface area contributed by atoms with Crippen molar-refractivity contribution in [3.63, 3.8) is 0 Å². The first-order valence-corrected chi connectivity index (χ1v) is 10.7. The van der Waals surface area contributed by atoms with E-state index in [0.717, 1.165) is 43.1 Å². The predicted molar refractivity (Wildman–Crippen MR) is 111 cm³/mol. The summed E-state index contributed by atoms with van der Waals surface area (Å²) in [6, 6.07) is 2.12. The van der Waals surface area contributed by atoms with Crippen molar-refractivity contribution in [2.24, 2.45) is 11.1 Å². The van der Waals surface area contributed by atoms with Gasteiger partial charge < -0.3 is 16.4 Å². The minimum Gasteiger partial charge on any atom is -0.381 e. The zero-order valence-corrected chi connectivity index (χ0v) is 17.2. The maximum absolute atomic E-state index is 6.37. The maximum Gasteiger partial charge on any atom is 0.158 e. The number of hydrogen-bond acceptors (Lipinski definition) is 7. The lowest BCUT2D eigenvalue weighted by Crippen LogP contribution is -2.47. The fourth-order valence-corrected chi connectivity index (χ4v) is 5.39. The van der Waals surface area contributed by atoms with E-state index in [4.69, 9.17) is 34.7 Å². The van der Waals surface area contributed by atoms with Crippen LogP contribution >= 0.6 is 35.0 Å². The van der Waals surface area contributed by atoms with Crippen LogP contribution in [0.3, 0.4) is 0 Å². The molecule has 2 aromatic rings. The van der Waals surface area contributed by atoms with Gasteiger partial charge in [-0.1, -0.05) is 41.4 Å². The Labute approximate surface area is 173 Å². The average Bonchev–Trinajstić information content (AvgIpc) is 3.01. The Morgan fingerprint density at radius 1 is 1.19 bits per heavy atom. The Morgan fingerprint density at radius 2 is 1.96 bits per heavy atom. The molecule has 0 unspecified atom stereocenters. The number of nitrogens with two attached hydrogens (primary N) is 2. The molecule has 0 bridgehead atoms. The number of pyridine rings is 1. The molecule has 0 amide bonds. The summed E-state index contributed by atoms with van der Waals surface area (Å²) in [6.45, 7) is 1.89. The van der Waals surface area contributed by atoms with Gasteiger partial charge in [0.15, 0.2) is 5.82 Å².